The minimum absolute atomic E-state index is 0.00571. The van der Waals surface area contributed by atoms with Gasteiger partial charge in [0, 0.05) is 39.3 Å². The standard InChI is InChI=1S/C20H33N3O6S/c24-20(25)19(5-3-1-2-4-10-22-26)30(27,28)18-8-6-17(7-9-18)29-16-15-23-13-11-21-12-14-23/h6-9,19,21-22,26H,1-5,10-16H2,(H,24,25). The lowest BCUT2D eigenvalue weighted by Crippen LogP contribution is -2.44. The highest BCUT2D eigenvalue weighted by molar-refractivity contribution is 7.92. The molecule has 170 valence electrons. The number of carbonyl (C=O) groups is 1. The summed E-state index contributed by atoms with van der Waals surface area (Å²) in [5, 5.41) is 19.8. The molecule has 0 amide bonds. The van der Waals surface area contributed by atoms with Crippen LogP contribution in [0.4, 0.5) is 0 Å². The maximum atomic E-state index is 12.8. The van der Waals surface area contributed by atoms with Gasteiger partial charge in [-0.15, -0.1) is 0 Å². The van der Waals surface area contributed by atoms with Gasteiger partial charge in [-0.1, -0.05) is 19.3 Å². The third-order valence-electron chi connectivity index (χ3n) is 5.19. The van der Waals surface area contributed by atoms with E-state index in [0.29, 0.717) is 31.7 Å². The Kier molecular flexibility index (Phi) is 10.5. The minimum atomic E-state index is -3.97. The maximum absolute atomic E-state index is 12.8. The van der Waals surface area contributed by atoms with Gasteiger partial charge in [-0.2, -0.15) is 0 Å². The van der Waals surface area contributed by atoms with Gasteiger partial charge in [-0.05, 0) is 37.1 Å². The predicted octanol–water partition coefficient (Wildman–Crippen LogP) is 1.13. The summed E-state index contributed by atoms with van der Waals surface area (Å²) in [7, 11) is -3.97. The predicted molar refractivity (Wildman–Crippen MR) is 113 cm³/mol. The molecule has 1 atom stereocenters. The van der Waals surface area contributed by atoms with Crippen molar-refractivity contribution in [2.45, 2.75) is 42.2 Å². The first-order chi connectivity index (χ1) is 14.4. The molecule has 0 aromatic heterocycles. The highest BCUT2D eigenvalue weighted by Crippen LogP contribution is 2.23. The van der Waals surface area contributed by atoms with Gasteiger partial charge in [0.05, 0.1) is 4.90 Å². The average molecular weight is 444 g/mol. The van der Waals surface area contributed by atoms with Crippen LogP contribution < -0.4 is 15.5 Å². The zero-order chi connectivity index (χ0) is 21.8. The Hall–Kier alpha value is -1.72. The van der Waals surface area contributed by atoms with Gasteiger partial charge in [0.25, 0.3) is 0 Å². The Labute approximate surface area is 178 Å². The number of aliphatic carboxylic acids is 1. The van der Waals surface area contributed by atoms with Crippen LogP contribution in [0.25, 0.3) is 0 Å². The van der Waals surface area contributed by atoms with E-state index in [1.165, 1.54) is 12.1 Å². The molecule has 0 bridgehead atoms. The molecule has 0 aliphatic carbocycles. The first-order valence-electron chi connectivity index (χ1n) is 10.4. The highest BCUT2D eigenvalue weighted by Gasteiger charge is 2.33. The summed E-state index contributed by atoms with van der Waals surface area (Å²) in [5.74, 6) is -0.767. The van der Waals surface area contributed by atoms with Crippen LogP contribution in [0.1, 0.15) is 32.1 Å². The van der Waals surface area contributed by atoms with E-state index in [2.05, 4.69) is 15.7 Å². The molecule has 0 spiro atoms. The monoisotopic (exact) mass is 443 g/mol. The molecule has 1 aliphatic heterocycles. The van der Waals surface area contributed by atoms with E-state index >= 15 is 0 Å². The lowest BCUT2D eigenvalue weighted by Gasteiger charge is -2.26. The molecule has 2 rings (SSSR count). The summed E-state index contributed by atoms with van der Waals surface area (Å²) in [6.07, 6.45) is 2.81. The zero-order valence-electron chi connectivity index (χ0n) is 17.3. The number of benzene rings is 1. The van der Waals surface area contributed by atoms with Gasteiger partial charge in [-0.25, -0.2) is 13.9 Å². The Bertz CT molecular complexity index is 735. The first-order valence-corrected chi connectivity index (χ1v) is 12.0. The van der Waals surface area contributed by atoms with Gasteiger partial charge >= 0.3 is 5.97 Å². The summed E-state index contributed by atoms with van der Waals surface area (Å²) < 4.78 is 31.3. The number of unbranched alkanes of at least 4 members (excludes halogenated alkanes) is 3. The Morgan fingerprint density at radius 1 is 1.13 bits per heavy atom. The Balaban J connectivity index is 1.86. The minimum Gasteiger partial charge on any atom is -0.492 e. The van der Waals surface area contributed by atoms with E-state index in [0.717, 1.165) is 45.6 Å². The number of ether oxygens (including phenoxy) is 1. The van der Waals surface area contributed by atoms with Crippen LogP contribution >= 0.6 is 0 Å². The van der Waals surface area contributed by atoms with Gasteiger partial charge in [0.2, 0.25) is 0 Å². The quantitative estimate of drug-likeness (QED) is 0.247. The molecule has 1 aliphatic rings. The van der Waals surface area contributed by atoms with Crippen LogP contribution in [-0.4, -0.2) is 80.7 Å². The van der Waals surface area contributed by atoms with Crippen LogP contribution in [0.3, 0.4) is 0 Å². The highest BCUT2D eigenvalue weighted by atomic mass is 32.2. The summed E-state index contributed by atoms with van der Waals surface area (Å²) in [5.41, 5.74) is 2.06. The molecular weight excluding hydrogens is 410 g/mol. The Morgan fingerprint density at radius 2 is 1.80 bits per heavy atom. The van der Waals surface area contributed by atoms with Crippen molar-refractivity contribution in [1.82, 2.24) is 15.7 Å². The smallest absolute Gasteiger partial charge is 0.322 e. The fraction of sp³-hybridized carbons (Fsp3) is 0.650. The number of hydrogen-bond acceptors (Lipinski definition) is 8. The number of carboxylic acid groups (broad SMARTS) is 1. The summed E-state index contributed by atoms with van der Waals surface area (Å²) >= 11 is 0. The van der Waals surface area contributed by atoms with Crippen LogP contribution in [0.2, 0.25) is 0 Å². The van der Waals surface area contributed by atoms with Crippen molar-refractivity contribution < 1.29 is 28.3 Å². The largest absolute Gasteiger partial charge is 0.492 e. The van der Waals surface area contributed by atoms with Crippen LogP contribution in [0.15, 0.2) is 29.2 Å². The summed E-state index contributed by atoms with van der Waals surface area (Å²) in [6, 6.07) is 5.98. The van der Waals surface area contributed by atoms with E-state index < -0.39 is 21.1 Å². The molecule has 1 aromatic rings. The zero-order valence-corrected chi connectivity index (χ0v) is 18.1. The molecule has 1 unspecified atom stereocenters. The summed E-state index contributed by atoms with van der Waals surface area (Å²) in [4.78, 5) is 13.9. The third kappa shape index (κ3) is 7.84. The summed E-state index contributed by atoms with van der Waals surface area (Å²) in [6.45, 7) is 5.68. The molecular formula is C20H33N3O6S. The van der Waals surface area contributed by atoms with Crippen molar-refractivity contribution in [3.63, 3.8) is 0 Å². The molecule has 1 heterocycles. The number of piperazine rings is 1. The average Bonchev–Trinajstić information content (AvgIpc) is 2.74. The van der Waals surface area contributed by atoms with E-state index in [1.807, 2.05) is 0 Å². The second kappa shape index (κ2) is 12.9. The molecule has 1 aromatic carbocycles. The second-order valence-electron chi connectivity index (χ2n) is 7.39. The molecule has 4 N–H and O–H groups in total. The fourth-order valence-corrected chi connectivity index (χ4v) is 5.00. The van der Waals surface area contributed by atoms with Crippen LogP contribution in [0.5, 0.6) is 5.75 Å². The lowest BCUT2D eigenvalue weighted by atomic mass is 10.1. The van der Waals surface area contributed by atoms with E-state index in [1.54, 1.807) is 12.1 Å². The lowest BCUT2D eigenvalue weighted by molar-refractivity contribution is -0.136. The van der Waals surface area contributed by atoms with E-state index in [9.17, 15) is 18.3 Å². The molecule has 30 heavy (non-hydrogen) atoms. The topological polar surface area (TPSA) is 128 Å². The normalized spacial score (nSPS) is 16.3. The SMILES string of the molecule is O=C(O)C(CCCCCCNO)S(=O)(=O)c1ccc(OCCN2CCNCC2)cc1. The van der Waals surface area contributed by atoms with Crippen LogP contribution in [0, 0.1) is 0 Å². The number of nitrogens with zero attached hydrogens (tertiary/aromatic N) is 1. The molecule has 10 heteroatoms. The van der Waals surface area contributed by atoms with Gasteiger partial charge in [0.15, 0.2) is 15.1 Å². The number of carboxylic acids is 1. The van der Waals surface area contributed by atoms with Crippen molar-refractivity contribution in [2.75, 3.05) is 45.9 Å². The third-order valence-corrected chi connectivity index (χ3v) is 7.31. The molecule has 9 nitrogen and oxygen atoms in total. The van der Waals surface area contributed by atoms with Crippen molar-refractivity contribution in [1.29, 1.82) is 0 Å². The van der Waals surface area contributed by atoms with Crippen molar-refractivity contribution >= 4 is 15.8 Å². The number of hydrogen-bond donors (Lipinski definition) is 4. The van der Waals surface area contributed by atoms with Crippen molar-refractivity contribution in [3.05, 3.63) is 24.3 Å². The number of rotatable bonds is 14. The number of nitrogens with one attached hydrogen (secondary N) is 2. The first kappa shape index (κ1) is 24.5. The van der Waals surface area contributed by atoms with Crippen LogP contribution in [-0.2, 0) is 14.6 Å². The fourth-order valence-electron chi connectivity index (χ4n) is 3.42. The maximum Gasteiger partial charge on any atom is 0.322 e. The van der Waals surface area contributed by atoms with Crippen molar-refractivity contribution in [2.24, 2.45) is 0 Å². The molecule has 1 saturated heterocycles. The van der Waals surface area contributed by atoms with Crippen molar-refractivity contribution in [3.8, 4) is 5.75 Å². The van der Waals surface area contributed by atoms with Gasteiger partial charge in [-0.3, -0.25) is 9.69 Å². The molecule has 0 radical (unpaired) electrons. The Morgan fingerprint density at radius 3 is 2.43 bits per heavy atom. The van der Waals surface area contributed by atoms with Gasteiger partial charge in [0.1, 0.15) is 12.4 Å². The second-order valence-corrected chi connectivity index (χ2v) is 9.52. The number of hydroxylamine groups is 1. The van der Waals surface area contributed by atoms with E-state index in [4.69, 9.17) is 9.94 Å². The van der Waals surface area contributed by atoms with E-state index in [-0.39, 0.29) is 11.3 Å². The molecule has 1 fully saturated rings. The molecule has 0 saturated carbocycles. The number of sulfone groups is 1. The van der Waals surface area contributed by atoms with Gasteiger partial charge < -0.3 is 20.4 Å².